The van der Waals surface area contributed by atoms with Crippen LogP contribution in [0.5, 0.6) is 0 Å². The quantitative estimate of drug-likeness (QED) is 0.880. The number of hydrogen-bond donors (Lipinski definition) is 1. The minimum absolute atomic E-state index is 0.305. The molecule has 0 saturated heterocycles. The third kappa shape index (κ3) is 2.60. The van der Waals surface area contributed by atoms with E-state index in [9.17, 15) is 8.42 Å². The fraction of sp³-hybridized carbons (Fsp3) is 0.250. The van der Waals surface area contributed by atoms with Gasteiger partial charge in [-0.2, -0.15) is 0 Å². The molecule has 0 aliphatic heterocycles. The zero-order valence-electron chi connectivity index (χ0n) is 7.37. The second-order valence-corrected chi connectivity index (χ2v) is 5.63. The van der Waals surface area contributed by atoms with Gasteiger partial charge in [-0.15, -0.1) is 0 Å². The Labute approximate surface area is 92.9 Å². The Hall–Kier alpha value is -0.290. The number of hydrogen-bond acceptors (Lipinski definition) is 2. The minimum Gasteiger partial charge on any atom is -0.228 e. The van der Waals surface area contributed by atoms with E-state index in [4.69, 9.17) is 28.3 Å². The molecule has 0 bridgehead atoms. The fourth-order valence-corrected chi connectivity index (χ4v) is 2.20. The Kier molecular flexibility index (Phi) is 3.42. The normalized spacial score (nSPS) is 14.0. The second kappa shape index (κ2) is 4.06. The van der Waals surface area contributed by atoms with E-state index in [0.717, 1.165) is 0 Å². The highest BCUT2D eigenvalue weighted by Crippen LogP contribution is 2.29. The summed E-state index contributed by atoms with van der Waals surface area (Å²) in [6, 6.07) is 4.62. The number of nitrogens with two attached hydrogens (primary N) is 1. The molecule has 0 fully saturated rings. The van der Waals surface area contributed by atoms with E-state index in [-0.39, 0.29) is 0 Å². The molecule has 6 heteroatoms. The van der Waals surface area contributed by atoms with Gasteiger partial charge in [0.1, 0.15) is 0 Å². The van der Waals surface area contributed by atoms with Crippen LogP contribution in [-0.4, -0.2) is 8.42 Å². The average molecular weight is 254 g/mol. The maximum absolute atomic E-state index is 11.1. The summed E-state index contributed by atoms with van der Waals surface area (Å²) in [5, 5.41) is 4.94. The van der Waals surface area contributed by atoms with Crippen LogP contribution >= 0.6 is 23.2 Å². The number of benzene rings is 1. The van der Waals surface area contributed by atoms with Crippen LogP contribution in [0.4, 0.5) is 0 Å². The van der Waals surface area contributed by atoms with Crippen LogP contribution in [0.1, 0.15) is 17.7 Å². The van der Waals surface area contributed by atoms with Gasteiger partial charge < -0.3 is 0 Å². The van der Waals surface area contributed by atoms with Crippen molar-refractivity contribution in [2.75, 3.05) is 0 Å². The topological polar surface area (TPSA) is 60.2 Å². The van der Waals surface area contributed by atoms with Gasteiger partial charge in [0.2, 0.25) is 10.0 Å². The van der Waals surface area contributed by atoms with Crippen LogP contribution in [0, 0.1) is 0 Å². The van der Waals surface area contributed by atoms with Crippen molar-refractivity contribution < 1.29 is 8.42 Å². The Morgan fingerprint density at radius 1 is 1.36 bits per heavy atom. The molecular weight excluding hydrogens is 245 g/mol. The summed E-state index contributed by atoms with van der Waals surface area (Å²) >= 11 is 11.5. The smallest absolute Gasteiger partial charge is 0.215 e. The van der Waals surface area contributed by atoms with Gasteiger partial charge in [-0.3, -0.25) is 0 Å². The summed E-state index contributed by atoms with van der Waals surface area (Å²) in [5.74, 6) is 0. The first-order valence-electron chi connectivity index (χ1n) is 3.79. The van der Waals surface area contributed by atoms with Gasteiger partial charge >= 0.3 is 0 Å². The van der Waals surface area contributed by atoms with Crippen LogP contribution in [0.15, 0.2) is 18.2 Å². The molecule has 14 heavy (non-hydrogen) atoms. The lowest BCUT2D eigenvalue weighted by molar-refractivity contribution is 0.588. The van der Waals surface area contributed by atoms with Gasteiger partial charge in [0, 0.05) is 10.0 Å². The van der Waals surface area contributed by atoms with Crippen molar-refractivity contribution in [2.24, 2.45) is 5.14 Å². The molecule has 0 radical (unpaired) electrons. The molecule has 0 unspecified atom stereocenters. The maximum atomic E-state index is 11.1. The Morgan fingerprint density at radius 3 is 2.36 bits per heavy atom. The maximum Gasteiger partial charge on any atom is 0.215 e. The van der Waals surface area contributed by atoms with E-state index in [0.29, 0.717) is 15.6 Å². The van der Waals surface area contributed by atoms with Gasteiger partial charge in [-0.05, 0) is 24.6 Å². The molecule has 2 N–H and O–H groups in total. The zero-order chi connectivity index (χ0) is 10.9. The third-order valence-corrected chi connectivity index (χ3v) is 3.70. The Balaban J connectivity index is 3.21. The molecule has 78 valence electrons. The Bertz CT molecular complexity index is 445. The van der Waals surface area contributed by atoms with Crippen molar-refractivity contribution in [1.29, 1.82) is 0 Å². The lowest BCUT2D eigenvalue weighted by atomic mass is 10.2. The van der Waals surface area contributed by atoms with Gasteiger partial charge in [0.15, 0.2) is 0 Å². The van der Waals surface area contributed by atoms with Crippen LogP contribution in [0.25, 0.3) is 0 Å². The molecule has 0 aliphatic carbocycles. The van der Waals surface area contributed by atoms with Crippen molar-refractivity contribution in [3.63, 3.8) is 0 Å². The lowest BCUT2D eigenvalue weighted by Gasteiger charge is -2.11. The summed E-state index contributed by atoms with van der Waals surface area (Å²) < 4.78 is 22.1. The largest absolute Gasteiger partial charge is 0.228 e. The van der Waals surface area contributed by atoms with E-state index in [1.165, 1.54) is 13.0 Å². The van der Waals surface area contributed by atoms with Crippen LogP contribution in [0.3, 0.4) is 0 Å². The minimum atomic E-state index is -3.62. The predicted molar refractivity (Wildman–Crippen MR) is 58.0 cm³/mol. The molecule has 0 heterocycles. The van der Waals surface area contributed by atoms with E-state index < -0.39 is 15.3 Å². The summed E-state index contributed by atoms with van der Waals surface area (Å²) in [6.07, 6.45) is 0. The number of primary sulfonamides is 1. The first-order valence-corrected chi connectivity index (χ1v) is 6.15. The summed E-state index contributed by atoms with van der Waals surface area (Å²) in [6.45, 7) is 1.48. The van der Waals surface area contributed by atoms with Gasteiger partial charge in [0.25, 0.3) is 0 Å². The number of sulfonamides is 1. The van der Waals surface area contributed by atoms with Gasteiger partial charge in [0.05, 0.1) is 5.25 Å². The average Bonchev–Trinajstić information content (AvgIpc) is 2.01. The molecule has 0 aliphatic rings. The lowest BCUT2D eigenvalue weighted by Crippen LogP contribution is -2.19. The van der Waals surface area contributed by atoms with Crippen molar-refractivity contribution in [3.05, 3.63) is 33.8 Å². The summed E-state index contributed by atoms with van der Waals surface area (Å²) in [5.41, 5.74) is 0.457. The van der Waals surface area contributed by atoms with E-state index in [2.05, 4.69) is 0 Å². The molecule has 0 amide bonds. The van der Waals surface area contributed by atoms with Gasteiger partial charge in [-0.25, -0.2) is 13.6 Å². The van der Waals surface area contributed by atoms with Crippen molar-refractivity contribution >= 4 is 33.2 Å². The molecular formula is C8H9Cl2NO2S. The van der Waals surface area contributed by atoms with E-state index >= 15 is 0 Å². The van der Waals surface area contributed by atoms with Gasteiger partial charge in [-0.1, -0.05) is 29.3 Å². The van der Waals surface area contributed by atoms with E-state index in [1.807, 2.05) is 0 Å². The first kappa shape index (κ1) is 11.8. The third-order valence-electron chi connectivity index (χ3n) is 1.89. The molecule has 1 rings (SSSR count). The van der Waals surface area contributed by atoms with E-state index in [1.54, 1.807) is 12.1 Å². The number of rotatable bonds is 2. The monoisotopic (exact) mass is 253 g/mol. The predicted octanol–water partition coefficient (Wildman–Crippen LogP) is 2.34. The molecule has 1 aromatic carbocycles. The highest BCUT2D eigenvalue weighted by molar-refractivity contribution is 7.89. The zero-order valence-corrected chi connectivity index (χ0v) is 9.70. The fourth-order valence-electron chi connectivity index (χ4n) is 1.01. The van der Waals surface area contributed by atoms with Crippen LogP contribution < -0.4 is 5.14 Å². The standard InChI is InChI=1S/C8H9Cl2NO2S/c1-5(14(11,12)13)7-3-2-6(9)4-8(7)10/h2-5H,1H3,(H2,11,12,13)/t5-/m1/s1. The second-order valence-electron chi connectivity index (χ2n) is 2.90. The molecule has 1 aromatic rings. The summed E-state index contributed by atoms with van der Waals surface area (Å²) in [4.78, 5) is 0. The van der Waals surface area contributed by atoms with Crippen LogP contribution in [-0.2, 0) is 10.0 Å². The molecule has 3 nitrogen and oxygen atoms in total. The Morgan fingerprint density at radius 2 is 1.93 bits per heavy atom. The first-order chi connectivity index (χ1) is 6.32. The summed E-state index contributed by atoms with van der Waals surface area (Å²) in [7, 11) is -3.62. The SMILES string of the molecule is C[C@H](c1ccc(Cl)cc1Cl)S(N)(=O)=O. The molecule has 0 saturated carbocycles. The van der Waals surface area contributed by atoms with Crippen molar-refractivity contribution in [2.45, 2.75) is 12.2 Å². The molecule has 1 atom stereocenters. The van der Waals surface area contributed by atoms with Crippen LogP contribution in [0.2, 0.25) is 10.0 Å². The van der Waals surface area contributed by atoms with Crippen molar-refractivity contribution in [1.82, 2.24) is 0 Å². The highest BCUT2D eigenvalue weighted by atomic mass is 35.5. The molecule has 0 spiro atoms. The molecule has 0 aromatic heterocycles. The van der Waals surface area contributed by atoms with Crippen molar-refractivity contribution in [3.8, 4) is 0 Å². The number of halogens is 2. The highest BCUT2D eigenvalue weighted by Gasteiger charge is 2.20.